The van der Waals surface area contributed by atoms with Crippen LogP contribution in [0.4, 0.5) is 0 Å². The fourth-order valence-corrected chi connectivity index (χ4v) is 3.08. The van der Waals surface area contributed by atoms with Crippen LogP contribution in [-0.4, -0.2) is 0 Å². The molecule has 1 aliphatic carbocycles. The van der Waals surface area contributed by atoms with E-state index in [1.165, 1.54) is 31.2 Å². The van der Waals surface area contributed by atoms with Crippen molar-refractivity contribution in [2.45, 2.75) is 53.1 Å². The summed E-state index contributed by atoms with van der Waals surface area (Å²) in [4.78, 5) is 0. The van der Waals surface area contributed by atoms with Crippen LogP contribution in [0.5, 0.6) is 0 Å². The summed E-state index contributed by atoms with van der Waals surface area (Å²) in [6.07, 6.45) is 5.06. The Morgan fingerprint density at radius 1 is 1.11 bits per heavy atom. The van der Waals surface area contributed by atoms with E-state index in [0.717, 1.165) is 5.76 Å². The Balaban J connectivity index is 2.02. The first-order valence-electron chi connectivity index (χ1n) is 7.32. The SMILES string of the molecule is C=C(OCc1ccccc1)[C@@]1(C)CCCCC1(C)C. The minimum atomic E-state index is 0.0973. The van der Waals surface area contributed by atoms with Crippen molar-refractivity contribution in [1.82, 2.24) is 0 Å². The Morgan fingerprint density at radius 3 is 2.37 bits per heavy atom. The van der Waals surface area contributed by atoms with Crippen molar-refractivity contribution in [1.29, 1.82) is 0 Å². The van der Waals surface area contributed by atoms with E-state index in [1.807, 2.05) is 18.2 Å². The fraction of sp³-hybridized carbons (Fsp3) is 0.556. The fourth-order valence-electron chi connectivity index (χ4n) is 3.08. The van der Waals surface area contributed by atoms with Crippen molar-refractivity contribution < 1.29 is 4.74 Å². The average Bonchev–Trinajstić information content (AvgIpc) is 2.40. The van der Waals surface area contributed by atoms with E-state index in [-0.39, 0.29) is 10.8 Å². The summed E-state index contributed by atoms with van der Waals surface area (Å²) in [5.41, 5.74) is 1.58. The van der Waals surface area contributed by atoms with Gasteiger partial charge in [-0.3, -0.25) is 0 Å². The maximum Gasteiger partial charge on any atom is 0.113 e. The Bertz CT molecular complexity index is 432. The standard InChI is InChI=1S/C18H26O/c1-15(19-14-16-10-6-5-7-11-16)18(4)13-9-8-12-17(18,2)3/h5-7,10-11H,1,8-9,12-14H2,2-4H3/t18-/m1/s1. The van der Waals surface area contributed by atoms with Crippen LogP contribution in [0.25, 0.3) is 0 Å². The van der Waals surface area contributed by atoms with E-state index < -0.39 is 0 Å². The van der Waals surface area contributed by atoms with Crippen molar-refractivity contribution in [3.8, 4) is 0 Å². The Morgan fingerprint density at radius 2 is 1.74 bits per heavy atom. The predicted molar refractivity (Wildman–Crippen MR) is 80.7 cm³/mol. The van der Waals surface area contributed by atoms with Crippen LogP contribution in [0, 0.1) is 10.8 Å². The zero-order valence-corrected chi connectivity index (χ0v) is 12.5. The molecule has 2 rings (SSSR count). The second kappa shape index (κ2) is 5.40. The average molecular weight is 258 g/mol. The zero-order valence-electron chi connectivity index (χ0n) is 12.5. The largest absolute Gasteiger partial charge is 0.493 e. The molecule has 0 aliphatic heterocycles. The first-order valence-corrected chi connectivity index (χ1v) is 7.32. The lowest BCUT2D eigenvalue weighted by Gasteiger charge is -2.48. The summed E-state index contributed by atoms with van der Waals surface area (Å²) >= 11 is 0. The number of hydrogen-bond donors (Lipinski definition) is 0. The van der Waals surface area contributed by atoms with E-state index in [1.54, 1.807) is 0 Å². The van der Waals surface area contributed by atoms with Crippen LogP contribution >= 0.6 is 0 Å². The number of benzene rings is 1. The van der Waals surface area contributed by atoms with E-state index in [2.05, 4.69) is 39.5 Å². The summed E-state index contributed by atoms with van der Waals surface area (Å²) in [6.45, 7) is 11.9. The second-order valence-corrected chi connectivity index (χ2v) is 6.62. The Kier molecular flexibility index (Phi) is 4.03. The predicted octanol–water partition coefficient (Wildman–Crippen LogP) is 5.32. The molecule has 1 atom stereocenters. The molecule has 19 heavy (non-hydrogen) atoms. The van der Waals surface area contributed by atoms with E-state index in [9.17, 15) is 0 Å². The Labute approximate surface area is 117 Å². The highest BCUT2D eigenvalue weighted by molar-refractivity contribution is 5.15. The highest BCUT2D eigenvalue weighted by Crippen LogP contribution is 2.54. The topological polar surface area (TPSA) is 9.23 Å². The minimum absolute atomic E-state index is 0.0973. The summed E-state index contributed by atoms with van der Waals surface area (Å²) in [7, 11) is 0. The summed E-state index contributed by atoms with van der Waals surface area (Å²) in [5.74, 6) is 0.959. The van der Waals surface area contributed by atoms with E-state index in [0.29, 0.717) is 6.61 Å². The van der Waals surface area contributed by atoms with Gasteiger partial charge in [0, 0.05) is 5.41 Å². The second-order valence-electron chi connectivity index (χ2n) is 6.62. The molecule has 1 saturated carbocycles. The summed E-state index contributed by atoms with van der Waals surface area (Å²) < 4.78 is 6.01. The monoisotopic (exact) mass is 258 g/mol. The molecule has 0 heterocycles. The molecule has 0 N–H and O–H groups in total. The van der Waals surface area contributed by atoms with Gasteiger partial charge in [0.25, 0.3) is 0 Å². The number of hydrogen-bond acceptors (Lipinski definition) is 1. The van der Waals surface area contributed by atoms with Gasteiger partial charge in [-0.2, -0.15) is 0 Å². The van der Waals surface area contributed by atoms with E-state index >= 15 is 0 Å². The smallest absolute Gasteiger partial charge is 0.113 e. The molecule has 1 aromatic carbocycles. The van der Waals surface area contributed by atoms with Gasteiger partial charge in [-0.15, -0.1) is 0 Å². The molecule has 1 aromatic rings. The van der Waals surface area contributed by atoms with Crippen LogP contribution in [0.15, 0.2) is 42.7 Å². The number of ether oxygens (including phenoxy) is 1. The number of allylic oxidation sites excluding steroid dienone is 1. The minimum Gasteiger partial charge on any atom is -0.493 e. The number of rotatable bonds is 4. The van der Waals surface area contributed by atoms with Crippen molar-refractivity contribution in [3.05, 3.63) is 48.2 Å². The van der Waals surface area contributed by atoms with Gasteiger partial charge < -0.3 is 4.74 Å². The van der Waals surface area contributed by atoms with Crippen molar-refractivity contribution in [2.75, 3.05) is 0 Å². The van der Waals surface area contributed by atoms with Crippen molar-refractivity contribution >= 4 is 0 Å². The molecule has 0 radical (unpaired) electrons. The van der Waals surface area contributed by atoms with E-state index in [4.69, 9.17) is 4.74 Å². The normalized spacial score (nSPS) is 25.8. The van der Waals surface area contributed by atoms with Crippen LogP contribution in [-0.2, 0) is 11.3 Å². The molecule has 0 bridgehead atoms. The first kappa shape index (κ1) is 14.2. The third-order valence-corrected chi connectivity index (χ3v) is 5.09. The molecule has 104 valence electrons. The van der Waals surface area contributed by atoms with Crippen LogP contribution < -0.4 is 0 Å². The first-order chi connectivity index (χ1) is 8.96. The van der Waals surface area contributed by atoms with Crippen molar-refractivity contribution in [3.63, 3.8) is 0 Å². The van der Waals surface area contributed by atoms with Gasteiger partial charge in [-0.1, -0.05) is 70.5 Å². The summed E-state index contributed by atoms with van der Waals surface area (Å²) in [5, 5.41) is 0. The lowest BCUT2D eigenvalue weighted by Crippen LogP contribution is -2.40. The molecule has 0 saturated heterocycles. The highest BCUT2D eigenvalue weighted by Gasteiger charge is 2.45. The quantitative estimate of drug-likeness (QED) is 0.664. The third kappa shape index (κ3) is 2.86. The molecule has 1 nitrogen and oxygen atoms in total. The zero-order chi connectivity index (χ0) is 13.9. The summed E-state index contributed by atoms with van der Waals surface area (Å²) in [6, 6.07) is 10.3. The molecule has 1 fully saturated rings. The van der Waals surface area contributed by atoms with Crippen molar-refractivity contribution in [2.24, 2.45) is 10.8 Å². The Hall–Kier alpha value is -1.24. The van der Waals surface area contributed by atoms with Gasteiger partial charge in [-0.25, -0.2) is 0 Å². The highest BCUT2D eigenvalue weighted by atomic mass is 16.5. The molecular weight excluding hydrogens is 232 g/mol. The van der Waals surface area contributed by atoms with Crippen LogP contribution in [0.3, 0.4) is 0 Å². The molecular formula is C18H26O. The lowest BCUT2D eigenvalue weighted by molar-refractivity contribution is 0.00258. The third-order valence-electron chi connectivity index (χ3n) is 5.09. The molecule has 0 spiro atoms. The van der Waals surface area contributed by atoms with Gasteiger partial charge in [0.05, 0.1) is 5.76 Å². The maximum absolute atomic E-state index is 6.01. The van der Waals surface area contributed by atoms with Crippen LogP contribution in [0.1, 0.15) is 52.0 Å². The molecule has 0 amide bonds. The van der Waals surface area contributed by atoms with Gasteiger partial charge >= 0.3 is 0 Å². The molecule has 0 aromatic heterocycles. The van der Waals surface area contributed by atoms with Gasteiger partial charge in [0.15, 0.2) is 0 Å². The van der Waals surface area contributed by atoms with Gasteiger partial charge in [-0.05, 0) is 23.8 Å². The van der Waals surface area contributed by atoms with Gasteiger partial charge in [0.1, 0.15) is 6.61 Å². The van der Waals surface area contributed by atoms with Crippen LogP contribution in [0.2, 0.25) is 0 Å². The van der Waals surface area contributed by atoms with Gasteiger partial charge in [0.2, 0.25) is 0 Å². The molecule has 1 heteroatoms. The maximum atomic E-state index is 6.01. The lowest BCUT2D eigenvalue weighted by atomic mass is 9.58. The molecule has 1 aliphatic rings. The molecule has 0 unspecified atom stereocenters.